The van der Waals surface area contributed by atoms with Crippen molar-refractivity contribution in [2.75, 3.05) is 14.2 Å². The van der Waals surface area contributed by atoms with Gasteiger partial charge >= 0.3 is 11.9 Å². The maximum atomic E-state index is 13.0. The molecule has 0 heterocycles. The molecule has 7 aliphatic rings. The van der Waals surface area contributed by atoms with Crippen LogP contribution in [0.2, 0.25) is 0 Å². The van der Waals surface area contributed by atoms with Crippen LogP contribution in [0, 0.1) is 11.8 Å². The molecule has 0 aliphatic heterocycles. The van der Waals surface area contributed by atoms with Crippen LogP contribution >= 0.6 is 0 Å². The molecule has 2 aromatic rings. The molecule has 0 radical (unpaired) electrons. The number of benzene rings is 2. The second-order valence-corrected chi connectivity index (χ2v) is 14.7. The lowest BCUT2D eigenvalue weighted by Gasteiger charge is -2.52. The summed E-state index contributed by atoms with van der Waals surface area (Å²) in [5, 5.41) is 0. The van der Waals surface area contributed by atoms with Gasteiger partial charge < -0.3 is 28.4 Å². The van der Waals surface area contributed by atoms with Crippen LogP contribution in [0.5, 0.6) is 23.0 Å². The molecule has 46 heavy (non-hydrogen) atoms. The molecule has 0 spiro atoms. The molecule has 7 saturated carbocycles. The van der Waals surface area contributed by atoms with Crippen molar-refractivity contribution in [1.82, 2.24) is 0 Å². The van der Waals surface area contributed by atoms with Crippen LogP contribution in [-0.4, -0.2) is 48.6 Å². The van der Waals surface area contributed by atoms with Gasteiger partial charge in [0.1, 0.15) is 34.2 Å². The average molecular weight is 633 g/mol. The predicted octanol–water partition coefficient (Wildman–Crippen LogP) is 7.75. The third-order valence-electron chi connectivity index (χ3n) is 12.2. The van der Waals surface area contributed by atoms with E-state index in [1.54, 1.807) is 0 Å². The second kappa shape index (κ2) is 12.5. The Bertz CT molecular complexity index is 1230. The van der Waals surface area contributed by atoms with Gasteiger partial charge in [-0.1, -0.05) is 0 Å². The summed E-state index contributed by atoms with van der Waals surface area (Å²) in [7, 11) is 3.65. The van der Waals surface area contributed by atoms with E-state index in [-0.39, 0.29) is 46.2 Å². The highest BCUT2D eigenvalue weighted by molar-refractivity contribution is 5.77. The quantitative estimate of drug-likeness (QED) is 0.194. The molecule has 0 amide bonds. The molecule has 8 nitrogen and oxygen atoms in total. The molecule has 0 saturated heterocycles. The number of esters is 2. The number of fused-ring (bicyclic) bond motifs is 6. The smallest absolute Gasteiger partial charge is 0.314 e. The van der Waals surface area contributed by atoms with Crippen LogP contribution in [0.15, 0.2) is 48.5 Å². The highest BCUT2D eigenvalue weighted by atomic mass is 16.5. The van der Waals surface area contributed by atoms with E-state index in [0.717, 1.165) is 88.5 Å². The Hall–Kier alpha value is -3.10. The van der Waals surface area contributed by atoms with Crippen LogP contribution in [-0.2, 0) is 19.1 Å². The topological polar surface area (TPSA) is 89.5 Å². The number of carbonyl (C=O) groups is 2. The predicted molar refractivity (Wildman–Crippen MR) is 171 cm³/mol. The molecule has 7 fully saturated rings. The fraction of sp³-hybridized carbons (Fsp3) is 0.632. The minimum absolute atomic E-state index is 0.0496. The van der Waals surface area contributed by atoms with Crippen molar-refractivity contribution in [3.63, 3.8) is 0 Å². The van der Waals surface area contributed by atoms with Gasteiger partial charge in [-0.05, 0) is 151 Å². The second-order valence-electron chi connectivity index (χ2n) is 14.7. The minimum atomic E-state index is -0.242. The molecule has 8 heteroatoms. The summed E-state index contributed by atoms with van der Waals surface area (Å²) in [5.41, 5.74) is -0.125. The summed E-state index contributed by atoms with van der Waals surface area (Å²) >= 11 is 0. The van der Waals surface area contributed by atoms with Crippen LogP contribution in [0.4, 0.5) is 0 Å². The highest BCUT2D eigenvalue weighted by Gasteiger charge is 2.51. The Balaban J connectivity index is 0.842. The zero-order valence-corrected chi connectivity index (χ0v) is 27.4. The van der Waals surface area contributed by atoms with Crippen LogP contribution in [0.1, 0.15) is 103 Å². The number of carbonyl (C=O) groups excluding carboxylic acids is 2. The molecule has 9 rings (SSSR count). The van der Waals surface area contributed by atoms with Crippen molar-refractivity contribution < 1.29 is 38.0 Å². The Labute approximate surface area is 272 Å². The van der Waals surface area contributed by atoms with Gasteiger partial charge in [-0.15, -0.1) is 0 Å². The normalized spacial score (nSPS) is 34.9. The molecule has 248 valence electrons. The van der Waals surface area contributed by atoms with Crippen molar-refractivity contribution in [2.24, 2.45) is 11.8 Å². The number of hydrogen-bond donors (Lipinski definition) is 0. The standard InChI is InChI=1S/C38H48O8/c1-41-35-15-21-37(22-16-35,23-17-35)45-31-11-7-29(8-12-31)43-33(39)27-3-5-28(6-4-27)34(40)44-30-9-13-32(14-10-30)46-38-24-18-36(42-2,19-25-38)20-26-38/h7-14,27-28H,3-6,15-26H2,1-2H3. The molecule has 0 unspecified atom stereocenters. The molecule has 7 aliphatic carbocycles. The van der Waals surface area contributed by atoms with Crippen LogP contribution in [0.25, 0.3) is 0 Å². The zero-order chi connectivity index (χ0) is 31.8. The fourth-order valence-corrected chi connectivity index (χ4v) is 8.77. The SMILES string of the molecule is COC12CCC(Oc3ccc(OC(=O)C4CCC(C(=O)Oc5ccc(OC67CCC(OC)(CC6)CC7)cc5)CC4)cc3)(CC1)CC2. The zero-order valence-electron chi connectivity index (χ0n) is 27.4. The van der Waals surface area contributed by atoms with E-state index < -0.39 is 0 Å². The summed E-state index contributed by atoms with van der Waals surface area (Å²) in [5.74, 6) is 1.71. The van der Waals surface area contributed by atoms with Gasteiger partial charge in [0, 0.05) is 14.2 Å². The minimum Gasteiger partial charge on any atom is -0.487 e. The van der Waals surface area contributed by atoms with Crippen molar-refractivity contribution in [3.05, 3.63) is 48.5 Å². The molecule has 0 atom stereocenters. The van der Waals surface area contributed by atoms with Gasteiger partial charge in [0.25, 0.3) is 0 Å². The van der Waals surface area contributed by atoms with Crippen molar-refractivity contribution in [3.8, 4) is 23.0 Å². The van der Waals surface area contributed by atoms with Gasteiger partial charge in [-0.2, -0.15) is 0 Å². The van der Waals surface area contributed by atoms with E-state index in [2.05, 4.69) is 0 Å². The molecule has 4 bridgehead atoms. The fourth-order valence-electron chi connectivity index (χ4n) is 8.77. The van der Waals surface area contributed by atoms with E-state index in [4.69, 9.17) is 28.4 Å². The van der Waals surface area contributed by atoms with Crippen LogP contribution < -0.4 is 18.9 Å². The van der Waals surface area contributed by atoms with Gasteiger partial charge in [-0.25, -0.2) is 0 Å². The maximum Gasteiger partial charge on any atom is 0.314 e. The van der Waals surface area contributed by atoms with Crippen molar-refractivity contribution in [2.45, 2.75) is 125 Å². The highest BCUT2D eigenvalue weighted by Crippen LogP contribution is 2.51. The number of methoxy groups -OCH3 is 2. The largest absolute Gasteiger partial charge is 0.487 e. The molecule has 0 aromatic heterocycles. The Morgan fingerprint density at radius 3 is 1.00 bits per heavy atom. The van der Waals surface area contributed by atoms with E-state index in [1.165, 1.54) is 0 Å². The van der Waals surface area contributed by atoms with Crippen molar-refractivity contribution >= 4 is 11.9 Å². The lowest BCUT2D eigenvalue weighted by atomic mass is 9.65. The first kappa shape index (κ1) is 31.5. The van der Waals surface area contributed by atoms with E-state index in [9.17, 15) is 9.59 Å². The summed E-state index contributed by atoms with van der Waals surface area (Å²) in [4.78, 5) is 25.9. The maximum absolute atomic E-state index is 13.0. The summed E-state index contributed by atoms with van der Waals surface area (Å²) in [6.07, 6.45) is 14.7. The van der Waals surface area contributed by atoms with Crippen LogP contribution in [0.3, 0.4) is 0 Å². The molecular formula is C38H48O8. The van der Waals surface area contributed by atoms with E-state index >= 15 is 0 Å². The summed E-state index contributed by atoms with van der Waals surface area (Å²) in [6.45, 7) is 0. The number of hydrogen-bond acceptors (Lipinski definition) is 8. The first-order valence-electron chi connectivity index (χ1n) is 17.4. The van der Waals surface area contributed by atoms with Gasteiger partial charge in [0.15, 0.2) is 0 Å². The Kier molecular flexibility index (Phi) is 8.55. The van der Waals surface area contributed by atoms with E-state index in [1.807, 2.05) is 62.8 Å². The monoisotopic (exact) mass is 632 g/mol. The molecule has 2 aromatic carbocycles. The van der Waals surface area contributed by atoms with Gasteiger partial charge in [0.2, 0.25) is 0 Å². The third-order valence-corrected chi connectivity index (χ3v) is 12.2. The van der Waals surface area contributed by atoms with E-state index in [0.29, 0.717) is 37.2 Å². The third kappa shape index (κ3) is 6.40. The lowest BCUT2D eigenvalue weighted by molar-refractivity contribution is -0.145. The summed E-state index contributed by atoms with van der Waals surface area (Å²) in [6, 6.07) is 14.8. The van der Waals surface area contributed by atoms with Gasteiger partial charge in [-0.3, -0.25) is 9.59 Å². The van der Waals surface area contributed by atoms with Gasteiger partial charge in [0.05, 0.1) is 23.0 Å². The molecular weight excluding hydrogens is 584 g/mol. The molecule has 0 N–H and O–H groups in total. The Morgan fingerprint density at radius 2 is 0.717 bits per heavy atom. The summed E-state index contributed by atoms with van der Waals surface area (Å²) < 4.78 is 36.0. The number of rotatable bonds is 10. The Morgan fingerprint density at radius 1 is 0.457 bits per heavy atom. The number of ether oxygens (including phenoxy) is 6. The van der Waals surface area contributed by atoms with Crippen molar-refractivity contribution in [1.29, 1.82) is 0 Å². The first-order valence-corrected chi connectivity index (χ1v) is 17.4. The average Bonchev–Trinajstić information content (AvgIpc) is 3.11. The first-order chi connectivity index (χ1) is 22.2. The lowest BCUT2D eigenvalue weighted by Crippen LogP contribution is -2.53.